The molecule has 0 heterocycles. The zero-order valence-corrected chi connectivity index (χ0v) is 23.5. The standard InChI is InChI=1S/C29H20BrCl2N3O4/c1-17-5-4-6-18(13-17)27(36)34-25-8-3-2-7-23(25)28(37)35-33-16-19-14-20(30)9-12-26(19)39-29(38)22-11-10-21(31)15-24(22)32/h2-16H,1H3,(H,34,36)(H,35,37)/b33-16-. The number of halogens is 3. The first-order chi connectivity index (χ1) is 18.7. The molecule has 0 radical (unpaired) electrons. The van der Waals surface area contributed by atoms with E-state index < -0.39 is 11.9 Å². The van der Waals surface area contributed by atoms with Crippen LogP contribution in [0.15, 0.2) is 94.5 Å². The van der Waals surface area contributed by atoms with Gasteiger partial charge in [0.05, 0.1) is 28.1 Å². The quantitative estimate of drug-likeness (QED) is 0.0976. The molecule has 0 fully saturated rings. The third kappa shape index (κ3) is 7.32. The molecule has 2 N–H and O–H groups in total. The highest BCUT2D eigenvalue weighted by Gasteiger charge is 2.16. The van der Waals surface area contributed by atoms with Crippen LogP contribution in [0.5, 0.6) is 5.75 Å². The van der Waals surface area contributed by atoms with Crippen molar-refractivity contribution >= 4 is 68.8 Å². The highest BCUT2D eigenvalue weighted by atomic mass is 79.9. The third-order valence-electron chi connectivity index (χ3n) is 5.40. The van der Waals surface area contributed by atoms with Crippen LogP contribution in [-0.4, -0.2) is 24.0 Å². The smallest absolute Gasteiger partial charge is 0.345 e. The number of nitrogens with one attached hydrogen (secondary N) is 2. The summed E-state index contributed by atoms with van der Waals surface area (Å²) < 4.78 is 6.22. The Bertz CT molecular complexity index is 1610. The molecule has 4 rings (SSSR count). The number of ether oxygens (including phenoxy) is 1. The van der Waals surface area contributed by atoms with Crippen molar-refractivity contribution in [3.63, 3.8) is 0 Å². The molecule has 0 atom stereocenters. The minimum atomic E-state index is -0.684. The van der Waals surface area contributed by atoms with E-state index in [0.717, 1.165) is 5.56 Å². The summed E-state index contributed by atoms with van der Waals surface area (Å²) in [7, 11) is 0. The predicted molar refractivity (Wildman–Crippen MR) is 156 cm³/mol. The molecule has 0 aliphatic carbocycles. The number of rotatable bonds is 7. The molecule has 2 amide bonds. The number of para-hydroxylation sites is 1. The van der Waals surface area contributed by atoms with Crippen LogP contribution in [0.1, 0.15) is 42.2 Å². The number of benzene rings is 4. The number of hydrogen-bond donors (Lipinski definition) is 2. The number of hydrazone groups is 1. The number of amides is 2. The van der Waals surface area contributed by atoms with Crippen LogP contribution in [0.25, 0.3) is 0 Å². The fourth-order valence-electron chi connectivity index (χ4n) is 3.51. The molecule has 10 heteroatoms. The molecule has 0 aliphatic rings. The molecule has 4 aromatic rings. The second-order valence-electron chi connectivity index (χ2n) is 8.26. The Morgan fingerprint density at radius 1 is 0.872 bits per heavy atom. The van der Waals surface area contributed by atoms with Crippen molar-refractivity contribution in [2.24, 2.45) is 5.10 Å². The van der Waals surface area contributed by atoms with E-state index >= 15 is 0 Å². The van der Waals surface area contributed by atoms with Crippen molar-refractivity contribution in [2.75, 3.05) is 5.32 Å². The lowest BCUT2D eigenvalue weighted by molar-refractivity contribution is 0.0734. The maximum absolute atomic E-state index is 12.9. The number of carbonyl (C=O) groups is 3. The van der Waals surface area contributed by atoms with Gasteiger partial charge in [-0.2, -0.15) is 5.10 Å². The summed E-state index contributed by atoms with van der Waals surface area (Å²) in [6, 6.07) is 23.1. The van der Waals surface area contributed by atoms with Crippen LogP contribution >= 0.6 is 39.1 Å². The van der Waals surface area contributed by atoms with Crippen LogP contribution in [-0.2, 0) is 0 Å². The van der Waals surface area contributed by atoms with Gasteiger partial charge in [-0.25, -0.2) is 10.2 Å². The Morgan fingerprint density at radius 3 is 2.44 bits per heavy atom. The van der Waals surface area contributed by atoms with Crippen molar-refractivity contribution in [3.8, 4) is 5.75 Å². The average molecular weight is 625 g/mol. The van der Waals surface area contributed by atoms with E-state index in [1.807, 2.05) is 13.0 Å². The molecule has 0 aromatic heterocycles. The van der Waals surface area contributed by atoms with E-state index in [1.54, 1.807) is 60.7 Å². The minimum absolute atomic E-state index is 0.143. The topological polar surface area (TPSA) is 96.9 Å². The van der Waals surface area contributed by atoms with Gasteiger partial charge in [-0.15, -0.1) is 0 Å². The zero-order chi connectivity index (χ0) is 27.9. The fourth-order valence-corrected chi connectivity index (χ4v) is 4.38. The number of carbonyl (C=O) groups excluding carboxylic acids is 3. The van der Waals surface area contributed by atoms with Gasteiger partial charge in [0.2, 0.25) is 0 Å². The van der Waals surface area contributed by atoms with E-state index in [0.29, 0.717) is 26.3 Å². The number of hydrogen-bond acceptors (Lipinski definition) is 5. The summed E-state index contributed by atoms with van der Waals surface area (Å²) in [4.78, 5) is 38.3. The molecular formula is C29H20BrCl2N3O4. The number of anilines is 1. The van der Waals surface area contributed by atoms with Crippen LogP contribution in [0.4, 0.5) is 5.69 Å². The zero-order valence-electron chi connectivity index (χ0n) is 20.4. The van der Waals surface area contributed by atoms with Crippen molar-refractivity contribution < 1.29 is 19.1 Å². The lowest BCUT2D eigenvalue weighted by atomic mass is 10.1. The van der Waals surface area contributed by atoms with Gasteiger partial charge in [-0.3, -0.25) is 9.59 Å². The molecule has 0 bridgehead atoms. The fraction of sp³-hybridized carbons (Fsp3) is 0.0345. The van der Waals surface area contributed by atoms with Gasteiger partial charge in [-0.05, 0) is 67.6 Å². The Labute approximate surface area is 242 Å². The summed E-state index contributed by atoms with van der Waals surface area (Å²) in [6.45, 7) is 1.89. The van der Waals surface area contributed by atoms with Gasteiger partial charge in [0, 0.05) is 20.6 Å². The molecule has 0 unspecified atom stereocenters. The number of aryl methyl sites for hydroxylation is 1. The Hall–Kier alpha value is -3.98. The van der Waals surface area contributed by atoms with E-state index in [4.69, 9.17) is 27.9 Å². The molecule has 7 nitrogen and oxygen atoms in total. The van der Waals surface area contributed by atoms with Crippen molar-refractivity contribution in [2.45, 2.75) is 6.92 Å². The monoisotopic (exact) mass is 623 g/mol. The molecule has 0 aliphatic heterocycles. The number of esters is 1. The van der Waals surface area contributed by atoms with Gasteiger partial charge in [0.25, 0.3) is 11.8 Å². The summed E-state index contributed by atoms with van der Waals surface area (Å²) in [5.74, 6) is -1.38. The molecule has 0 spiro atoms. The minimum Gasteiger partial charge on any atom is -0.422 e. The van der Waals surface area contributed by atoms with Crippen LogP contribution in [0.3, 0.4) is 0 Å². The van der Waals surface area contributed by atoms with Crippen LogP contribution < -0.4 is 15.5 Å². The van der Waals surface area contributed by atoms with Crippen LogP contribution in [0.2, 0.25) is 10.0 Å². The van der Waals surface area contributed by atoms with Crippen molar-refractivity contribution in [3.05, 3.63) is 127 Å². The SMILES string of the molecule is Cc1cccc(C(=O)Nc2ccccc2C(=O)N/N=C\c2cc(Br)ccc2OC(=O)c2ccc(Cl)cc2Cl)c1. The normalized spacial score (nSPS) is 10.8. The first kappa shape index (κ1) is 28.0. The highest BCUT2D eigenvalue weighted by Crippen LogP contribution is 2.26. The van der Waals surface area contributed by atoms with Gasteiger partial charge in [0.15, 0.2) is 0 Å². The molecule has 196 valence electrons. The van der Waals surface area contributed by atoms with E-state index in [1.165, 1.54) is 24.4 Å². The summed E-state index contributed by atoms with van der Waals surface area (Å²) in [5.41, 5.74) is 4.95. The van der Waals surface area contributed by atoms with E-state index in [-0.39, 0.29) is 27.8 Å². The lowest BCUT2D eigenvalue weighted by Crippen LogP contribution is -2.21. The second-order valence-corrected chi connectivity index (χ2v) is 10.0. The summed E-state index contributed by atoms with van der Waals surface area (Å²) >= 11 is 15.4. The third-order valence-corrected chi connectivity index (χ3v) is 6.44. The second kappa shape index (κ2) is 12.7. The predicted octanol–water partition coefficient (Wildman–Crippen LogP) is 7.30. The average Bonchev–Trinajstić information content (AvgIpc) is 2.90. The first-order valence-electron chi connectivity index (χ1n) is 11.5. The van der Waals surface area contributed by atoms with Crippen molar-refractivity contribution in [1.82, 2.24) is 5.43 Å². The molecule has 39 heavy (non-hydrogen) atoms. The summed E-state index contributed by atoms with van der Waals surface area (Å²) in [6.07, 6.45) is 1.34. The molecule has 0 saturated heterocycles. The van der Waals surface area contributed by atoms with E-state index in [9.17, 15) is 14.4 Å². The van der Waals surface area contributed by atoms with Gasteiger partial charge >= 0.3 is 5.97 Å². The van der Waals surface area contributed by atoms with Crippen LogP contribution in [0, 0.1) is 6.92 Å². The highest BCUT2D eigenvalue weighted by molar-refractivity contribution is 9.10. The largest absolute Gasteiger partial charge is 0.422 e. The molecule has 0 saturated carbocycles. The van der Waals surface area contributed by atoms with Crippen molar-refractivity contribution in [1.29, 1.82) is 0 Å². The Morgan fingerprint density at radius 2 is 1.67 bits per heavy atom. The van der Waals surface area contributed by atoms with E-state index in [2.05, 4.69) is 31.8 Å². The maximum Gasteiger partial charge on any atom is 0.345 e. The van der Waals surface area contributed by atoms with Gasteiger partial charge < -0.3 is 10.1 Å². The molecule has 4 aromatic carbocycles. The Balaban J connectivity index is 1.49. The van der Waals surface area contributed by atoms with Gasteiger partial charge in [0.1, 0.15) is 5.75 Å². The van der Waals surface area contributed by atoms with Gasteiger partial charge in [-0.1, -0.05) is 69.0 Å². The Kier molecular flexibility index (Phi) is 9.14. The summed E-state index contributed by atoms with van der Waals surface area (Å²) in [5, 5.41) is 7.34. The maximum atomic E-state index is 12.9. The number of nitrogens with zero attached hydrogens (tertiary/aromatic N) is 1. The molecular weight excluding hydrogens is 605 g/mol. The lowest BCUT2D eigenvalue weighted by Gasteiger charge is -2.11. The first-order valence-corrected chi connectivity index (χ1v) is 13.0.